The smallest absolute Gasteiger partial charge is 0.234 e. The Balaban J connectivity index is 1.40. The van der Waals surface area contributed by atoms with E-state index in [0.717, 1.165) is 26.8 Å². The minimum Gasteiger partial charge on any atom is -0.495 e. The third kappa shape index (κ3) is 5.24. The van der Waals surface area contributed by atoms with Gasteiger partial charge in [-0.2, -0.15) is 0 Å². The largest absolute Gasteiger partial charge is 0.495 e. The molecule has 0 saturated carbocycles. The summed E-state index contributed by atoms with van der Waals surface area (Å²) >= 11 is 8.85. The molecular formula is C22H18ClN5O2S2. The zero-order chi connectivity index (χ0) is 22.5. The van der Waals surface area contributed by atoms with Gasteiger partial charge in [-0.05, 0) is 49.4 Å². The first kappa shape index (κ1) is 22.2. The van der Waals surface area contributed by atoms with E-state index in [9.17, 15) is 4.79 Å². The molecule has 0 bridgehead atoms. The van der Waals surface area contributed by atoms with Crippen molar-refractivity contribution in [2.24, 2.45) is 0 Å². The van der Waals surface area contributed by atoms with Crippen LogP contribution in [0.25, 0.3) is 21.1 Å². The molecule has 0 aliphatic rings. The average molecular weight is 484 g/mol. The lowest BCUT2D eigenvalue weighted by Crippen LogP contribution is -2.14. The Bertz CT molecular complexity index is 1230. The van der Waals surface area contributed by atoms with Crippen LogP contribution >= 0.6 is 34.7 Å². The number of aryl methyl sites for hydroxylation is 1. The molecule has 0 saturated heterocycles. The fourth-order valence-corrected chi connectivity index (χ4v) is 4.68. The van der Waals surface area contributed by atoms with Crippen LogP contribution in [0, 0.1) is 6.92 Å². The van der Waals surface area contributed by atoms with E-state index in [4.69, 9.17) is 16.3 Å². The van der Waals surface area contributed by atoms with Crippen molar-refractivity contribution in [3.05, 3.63) is 65.6 Å². The van der Waals surface area contributed by atoms with E-state index < -0.39 is 0 Å². The summed E-state index contributed by atoms with van der Waals surface area (Å²) in [6, 6.07) is 12.7. The van der Waals surface area contributed by atoms with Gasteiger partial charge in [-0.25, -0.2) is 4.98 Å². The molecule has 0 aliphatic heterocycles. The predicted octanol–water partition coefficient (Wildman–Crippen LogP) is 5.36. The maximum Gasteiger partial charge on any atom is 0.234 e. The Kier molecular flexibility index (Phi) is 6.99. The van der Waals surface area contributed by atoms with E-state index in [1.54, 1.807) is 41.9 Å². The number of pyridine rings is 1. The van der Waals surface area contributed by atoms with Gasteiger partial charge in [0.2, 0.25) is 5.91 Å². The molecule has 0 atom stereocenters. The summed E-state index contributed by atoms with van der Waals surface area (Å²) in [5.74, 6) is 0.525. The highest BCUT2D eigenvalue weighted by Gasteiger charge is 2.14. The molecule has 32 heavy (non-hydrogen) atoms. The van der Waals surface area contributed by atoms with Crippen molar-refractivity contribution in [3.8, 4) is 26.9 Å². The van der Waals surface area contributed by atoms with E-state index in [0.29, 0.717) is 21.5 Å². The Hall–Kier alpha value is -3.01. The second-order valence-corrected chi connectivity index (χ2v) is 9.04. The number of anilines is 1. The fourth-order valence-electron chi connectivity index (χ4n) is 2.87. The van der Waals surface area contributed by atoms with Gasteiger partial charge in [0.15, 0.2) is 0 Å². The molecule has 3 aromatic heterocycles. The quantitative estimate of drug-likeness (QED) is 0.354. The summed E-state index contributed by atoms with van der Waals surface area (Å²) in [5.41, 5.74) is 3.12. The average Bonchev–Trinajstić information content (AvgIpc) is 3.20. The van der Waals surface area contributed by atoms with Crippen LogP contribution in [0.5, 0.6) is 5.75 Å². The number of hydrogen-bond acceptors (Lipinski definition) is 8. The molecule has 1 N–H and O–H groups in total. The number of thioether (sulfide) groups is 1. The standard InChI is InChI=1S/C22H18ClN5O2S2/c1-13-21(32-22(25-13)14-4-3-9-24-11-14)16-6-8-20(28-27-16)31-12-19(29)26-17-10-15(23)5-7-18(17)30-2/h3-11H,12H2,1-2H3,(H,26,29). The molecule has 10 heteroatoms. The van der Waals surface area contributed by atoms with Crippen LogP contribution in [-0.2, 0) is 4.79 Å². The number of methoxy groups -OCH3 is 1. The van der Waals surface area contributed by atoms with Crippen molar-refractivity contribution in [1.29, 1.82) is 0 Å². The minimum atomic E-state index is -0.194. The van der Waals surface area contributed by atoms with Crippen LogP contribution in [0.4, 0.5) is 5.69 Å². The van der Waals surface area contributed by atoms with Crippen molar-refractivity contribution >= 4 is 46.3 Å². The Morgan fingerprint density at radius 2 is 2.09 bits per heavy atom. The lowest BCUT2D eigenvalue weighted by Gasteiger charge is -2.10. The number of halogens is 1. The van der Waals surface area contributed by atoms with E-state index >= 15 is 0 Å². The molecular weight excluding hydrogens is 466 g/mol. The SMILES string of the molecule is COc1ccc(Cl)cc1NC(=O)CSc1ccc(-c2sc(-c3cccnc3)nc2C)nn1. The molecule has 4 rings (SSSR count). The van der Waals surface area contributed by atoms with Crippen molar-refractivity contribution in [2.75, 3.05) is 18.2 Å². The van der Waals surface area contributed by atoms with E-state index in [2.05, 4.69) is 25.5 Å². The van der Waals surface area contributed by atoms with Gasteiger partial charge in [0.1, 0.15) is 21.5 Å². The predicted molar refractivity (Wildman–Crippen MR) is 128 cm³/mol. The Morgan fingerprint density at radius 1 is 1.22 bits per heavy atom. The van der Waals surface area contributed by atoms with E-state index in [-0.39, 0.29) is 11.7 Å². The van der Waals surface area contributed by atoms with Crippen molar-refractivity contribution < 1.29 is 9.53 Å². The number of hydrogen-bond donors (Lipinski definition) is 1. The topological polar surface area (TPSA) is 89.9 Å². The highest BCUT2D eigenvalue weighted by Crippen LogP contribution is 2.34. The van der Waals surface area contributed by atoms with Crippen LogP contribution in [0.3, 0.4) is 0 Å². The van der Waals surface area contributed by atoms with Gasteiger partial charge in [-0.1, -0.05) is 23.4 Å². The van der Waals surface area contributed by atoms with Gasteiger partial charge < -0.3 is 10.1 Å². The summed E-state index contributed by atoms with van der Waals surface area (Å²) in [5, 5.41) is 13.4. The number of ether oxygens (including phenoxy) is 1. The number of rotatable bonds is 7. The fraction of sp³-hybridized carbons (Fsp3) is 0.136. The van der Waals surface area contributed by atoms with Gasteiger partial charge in [0.25, 0.3) is 0 Å². The molecule has 162 valence electrons. The highest BCUT2D eigenvalue weighted by molar-refractivity contribution is 7.99. The van der Waals surface area contributed by atoms with Crippen molar-refractivity contribution in [1.82, 2.24) is 20.2 Å². The Morgan fingerprint density at radius 3 is 2.81 bits per heavy atom. The van der Waals surface area contributed by atoms with E-state index in [1.807, 2.05) is 31.2 Å². The second-order valence-electron chi connectivity index (χ2n) is 6.61. The van der Waals surface area contributed by atoms with Gasteiger partial charge in [0.05, 0.1) is 29.1 Å². The maximum absolute atomic E-state index is 12.3. The summed E-state index contributed by atoms with van der Waals surface area (Å²) in [4.78, 5) is 22.1. The minimum absolute atomic E-state index is 0.175. The molecule has 0 radical (unpaired) electrons. The van der Waals surface area contributed by atoms with Crippen LogP contribution in [0.15, 0.2) is 59.9 Å². The number of nitrogens with zero attached hydrogens (tertiary/aromatic N) is 4. The van der Waals surface area contributed by atoms with Gasteiger partial charge in [-0.3, -0.25) is 9.78 Å². The lowest BCUT2D eigenvalue weighted by atomic mass is 10.3. The summed E-state index contributed by atoms with van der Waals surface area (Å²) in [6.45, 7) is 1.95. The zero-order valence-electron chi connectivity index (χ0n) is 17.2. The summed E-state index contributed by atoms with van der Waals surface area (Å²) in [7, 11) is 1.54. The van der Waals surface area contributed by atoms with Gasteiger partial charge in [0, 0.05) is 23.0 Å². The van der Waals surface area contributed by atoms with Gasteiger partial charge in [-0.15, -0.1) is 21.5 Å². The monoisotopic (exact) mass is 483 g/mol. The molecule has 0 unspecified atom stereocenters. The first-order valence-electron chi connectivity index (χ1n) is 9.51. The second kappa shape index (κ2) is 10.1. The molecule has 1 aromatic carbocycles. The third-order valence-electron chi connectivity index (χ3n) is 4.36. The van der Waals surface area contributed by atoms with Gasteiger partial charge >= 0.3 is 0 Å². The Labute approximate surface area is 198 Å². The number of nitrogens with one attached hydrogen (secondary N) is 1. The van der Waals surface area contributed by atoms with E-state index in [1.165, 1.54) is 18.9 Å². The molecule has 3 heterocycles. The molecule has 0 fully saturated rings. The van der Waals surface area contributed by atoms with Crippen LogP contribution in [-0.4, -0.2) is 38.9 Å². The highest BCUT2D eigenvalue weighted by atomic mass is 35.5. The van der Waals surface area contributed by atoms with Crippen LogP contribution in [0.1, 0.15) is 5.69 Å². The molecule has 7 nitrogen and oxygen atoms in total. The molecule has 0 aliphatic carbocycles. The van der Waals surface area contributed by atoms with Crippen molar-refractivity contribution in [2.45, 2.75) is 11.9 Å². The number of amides is 1. The number of carbonyl (C=O) groups is 1. The zero-order valence-corrected chi connectivity index (χ0v) is 19.6. The lowest BCUT2D eigenvalue weighted by molar-refractivity contribution is -0.113. The summed E-state index contributed by atoms with van der Waals surface area (Å²) in [6.07, 6.45) is 3.52. The number of carbonyl (C=O) groups excluding carboxylic acids is 1. The summed E-state index contributed by atoms with van der Waals surface area (Å²) < 4.78 is 5.25. The number of thiazole rings is 1. The number of aromatic nitrogens is 4. The molecule has 1 amide bonds. The van der Waals surface area contributed by atoms with Crippen molar-refractivity contribution in [3.63, 3.8) is 0 Å². The molecule has 4 aromatic rings. The molecule has 0 spiro atoms. The first-order chi connectivity index (χ1) is 15.5. The number of benzene rings is 1. The van der Waals surface area contributed by atoms with Crippen LogP contribution in [0.2, 0.25) is 5.02 Å². The normalized spacial score (nSPS) is 10.7. The van der Waals surface area contributed by atoms with Crippen LogP contribution < -0.4 is 10.1 Å². The third-order valence-corrected chi connectivity index (χ3v) is 6.75. The maximum atomic E-state index is 12.3. The first-order valence-corrected chi connectivity index (χ1v) is 11.7.